The van der Waals surface area contributed by atoms with Gasteiger partial charge in [0.25, 0.3) is 0 Å². The number of hydrogen-bond donors (Lipinski definition) is 1. The number of benzene rings is 2. The summed E-state index contributed by atoms with van der Waals surface area (Å²) in [7, 11) is 0. The van der Waals surface area contributed by atoms with E-state index in [1.807, 2.05) is 6.07 Å². The summed E-state index contributed by atoms with van der Waals surface area (Å²) < 4.78 is 5.90. The third-order valence-corrected chi connectivity index (χ3v) is 10.1. The average Bonchev–Trinajstić information content (AvgIpc) is 2.91. The first kappa shape index (κ1) is 33.7. The van der Waals surface area contributed by atoms with Gasteiger partial charge in [-0.15, -0.1) is 0 Å². The van der Waals surface area contributed by atoms with Crippen molar-refractivity contribution < 1.29 is 14.6 Å². The standard InChI is InChI=1S/C37H56O3/c1-15-33(39)40-32-23-28(35(9,10)17-3)26(21-30(32)37(13,14)19-5)24(6)25-20-29(36(11,12)18-4)31(38)22-27(25)34(7,8)16-2/h15,20-24,38H,1,16-19H2,2-14H3. The highest BCUT2D eigenvalue weighted by atomic mass is 16.5. The Labute approximate surface area is 245 Å². The van der Waals surface area contributed by atoms with Gasteiger partial charge in [0, 0.05) is 17.6 Å². The first-order chi connectivity index (χ1) is 18.3. The van der Waals surface area contributed by atoms with Crippen LogP contribution < -0.4 is 4.74 Å². The second-order valence-electron chi connectivity index (χ2n) is 14.2. The van der Waals surface area contributed by atoms with Gasteiger partial charge in [-0.1, -0.05) is 109 Å². The first-order valence-corrected chi connectivity index (χ1v) is 15.2. The molecule has 2 aromatic rings. The number of esters is 1. The summed E-state index contributed by atoms with van der Waals surface area (Å²) in [6.07, 6.45) is 4.96. The van der Waals surface area contributed by atoms with Gasteiger partial charge in [-0.2, -0.15) is 0 Å². The van der Waals surface area contributed by atoms with Gasteiger partial charge in [0.05, 0.1) is 0 Å². The smallest absolute Gasteiger partial charge is 0.335 e. The van der Waals surface area contributed by atoms with Gasteiger partial charge in [-0.05, 0) is 87.3 Å². The molecule has 0 bridgehead atoms. The maximum absolute atomic E-state index is 12.4. The van der Waals surface area contributed by atoms with E-state index in [1.165, 1.54) is 28.3 Å². The van der Waals surface area contributed by atoms with Gasteiger partial charge in [0.2, 0.25) is 0 Å². The lowest BCUT2D eigenvalue weighted by Crippen LogP contribution is -2.26. The van der Waals surface area contributed by atoms with Crippen molar-refractivity contribution >= 4 is 5.97 Å². The van der Waals surface area contributed by atoms with Crippen LogP contribution in [0.25, 0.3) is 0 Å². The van der Waals surface area contributed by atoms with E-state index in [4.69, 9.17) is 4.74 Å². The molecule has 1 atom stereocenters. The number of ether oxygens (including phenoxy) is 1. The van der Waals surface area contributed by atoms with E-state index >= 15 is 0 Å². The lowest BCUT2D eigenvalue weighted by Gasteiger charge is -2.36. The third kappa shape index (κ3) is 6.67. The van der Waals surface area contributed by atoms with Crippen molar-refractivity contribution in [2.45, 2.75) is 143 Å². The van der Waals surface area contributed by atoms with Gasteiger partial charge in [-0.3, -0.25) is 0 Å². The van der Waals surface area contributed by atoms with E-state index in [-0.39, 0.29) is 27.6 Å². The molecule has 40 heavy (non-hydrogen) atoms. The van der Waals surface area contributed by atoms with Gasteiger partial charge >= 0.3 is 5.97 Å². The summed E-state index contributed by atoms with van der Waals surface area (Å²) in [6.45, 7) is 32.6. The monoisotopic (exact) mass is 548 g/mol. The highest BCUT2D eigenvalue weighted by molar-refractivity contribution is 5.83. The summed E-state index contributed by atoms with van der Waals surface area (Å²) in [5, 5.41) is 11.3. The lowest BCUT2D eigenvalue weighted by atomic mass is 9.69. The van der Waals surface area contributed by atoms with Crippen LogP contribution in [-0.2, 0) is 26.5 Å². The maximum Gasteiger partial charge on any atom is 0.335 e. The number of rotatable bonds is 12. The quantitative estimate of drug-likeness (QED) is 0.163. The minimum Gasteiger partial charge on any atom is -0.508 e. The summed E-state index contributed by atoms with van der Waals surface area (Å²) in [5.74, 6) is 0.625. The molecule has 222 valence electrons. The Bertz CT molecular complexity index is 1230. The van der Waals surface area contributed by atoms with Crippen molar-refractivity contribution in [3.8, 4) is 11.5 Å². The Morgan fingerprint density at radius 2 is 1.10 bits per heavy atom. The van der Waals surface area contributed by atoms with E-state index in [0.29, 0.717) is 11.5 Å². The van der Waals surface area contributed by atoms with E-state index < -0.39 is 5.97 Å². The molecule has 3 heteroatoms. The predicted molar refractivity (Wildman–Crippen MR) is 171 cm³/mol. The topological polar surface area (TPSA) is 46.5 Å². The van der Waals surface area contributed by atoms with E-state index in [0.717, 1.165) is 36.8 Å². The molecule has 0 amide bonds. The Kier molecular flexibility index (Phi) is 10.2. The fraction of sp³-hybridized carbons (Fsp3) is 0.595. The summed E-state index contributed by atoms with van der Waals surface area (Å²) >= 11 is 0. The van der Waals surface area contributed by atoms with Crippen molar-refractivity contribution in [1.82, 2.24) is 0 Å². The minimum atomic E-state index is -0.439. The summed E-state index contributed by atoms with van der Waals surface area (Å²) in [5.41, 5.74) is 6.31. The van der Waals surface area contributed by atoms with Crippen LogP contribution >= 0.6 is 0 Å². The highest BCUT2D eigenvalue weighted by Crippen LogP contribution is 2.47. The van der Waals surface area contributed by atoms with Gasteiger partial charge in [0.1, 0.15) is 11.5 Å². The van der Waals surface area contributed by atoms with Crippen LogP contribution in [0.5, 0.6) is 11.5 Å². The molecular weight excluding hydrogens is 492 g/mol. The number of hydrogen-bond acceptors (Lipinski definition) is 3. The van der Waals surface area contributed by atoms with Crippen molar-refractivity contribution in [1.29, 1.82) is 0 Å². The number of carbonyl (C=O) groups is 1. The second kappa shape index (κ2) is 12.1. The Morgan fingerprint density at radius 3 is 1.52 bits per heavy atom. The van der Waals surface area contributed by atoms with Crippen molar-refractivity contribution in [3.63, 3.8) is 0 Å². The van der Waals surface area contributed by atoms with Crippen molar-refractivity contribution in [2.24, 2.45) is 0 Å². The molecule has 1 N–H and O–H groups in total. The van der Waals surface area contributed by atoms with Crippen LogP contribution in [0.15, 0.2) is 36.9 Å². The third-order valence-electron chi connectivity index (χ3n) is 10.1. The summed E-state index contributed by atoms with van der Waals surface area (Å²) in [4.78, 5) is 12.4. The van der Waals surface area contributed by atoms with Gasteiger partial charge in [0.15, 0.2) is 0 Å². The summed E-state index contributed by atoms with van der Waals surface area (Å²) in [6, 6.07) is 8.72. The SMILES string of the molecule is C=CC(=O)Oc1cc(C(C)(C)CC)c(C(C)c2cc(C(C)(C)CC)c(O)cc2C(C)(C)CC)cc1C(C)(C)CC. The molecule has 0 aliphatic carbocycles. The number of phenolic OH excluding ortho intramolecular Hbond substituents is 1. The second-order valence-corrected chi connectivity index (χ2v) is 14.2. The zero-order chi connectivity index (χ0) is 30.8. The minimum absolute atomic E-state index is 0.0595. The first-order valence-electron chi connectivity index (χ1n) is 15.2. The number of carbonyl (C=O) groups excluding carboxylic acids is 1. The van der Waals surface area contributed by atoms with Crippen LogP contribution in [0.3, 0.4) is 0 Å². The van der Waals surface area contributed by atoms with Crippen LogP contribution in [-0.4, -0.2) is 11.1 Å². The fourth-order valence-electron chi connectivity index (χ4n) is 5.33. The lowest BCUT2D eigenvalue weighted by molar-refractivity contribution is -0.129. The van der Waals surface area contributed by atoms with Crippen LogP contribution in [0.1, 0.15) is 155 Å². The average molecular weight is 549 g/mol. The van der Waals surface area contributed by atoms with E-state index in [1.54, 1.807) is 0 Å². The van der Waals surface area contributed by atoms with Gasteiger partial charge < -0.3 is 9.84 Å². The molecule has 0 spiro atoms. The number of aromatic hydroxyl groups is 1. The van der Waals surface area contributed by atoms with E-state index in [2.05, 4.69) is 115 Å². The molecule has 1 unspecified atom stereocenters. The molecule has 0 aliphatic rings. The largest absolute Gasteiger partial charge is 0.508 e. The molecule has 0 aliphatic heterocycles. The molecule has 2 rings (SSSR count). The molecule has 2 aromatic carbocycles. The molecular formula is C37H56O3. The fourth-order valence-corrected chi connectivity index (χ4v) is 5.33. The molecule has 0 fully saturated rings. The number of phenols is 1. The Balaban J connectivity index is 3.08. The van der Waals surface area contributed by atoms with E-state index in [9.17, 15) is 9.90 Å². The highest BCUT2D eigenvalue weighted by Gasteiger charge is 2.34. The molecule has 0 heterocycles. The Morgan fingerprint density at radius 1 is 0.725 bits per heavy atom. The van der Waals surface area contributed by atoms with Crippen molar-refractivity contribution in [2.75, 3.05) is 0 Å². The molecule has 0 saturated heterocycles. The van der Waals surface area contributed by atoms with Crippen molar-refractivity contribution in [3.05, 3.63) is 70.3 Å². The van der Waals surface area contributed by atoms with Crippen LogP contribution in [0, 0.1) is 0 Å². The molecule has 0 aromatic heterocycles. The van der Waals surface area contributed by atoms with Crippen LogP contribution in [0.2, 0.25) is 0 Å². The zero-order valence-electron chi connectivity index (χ0n) is 27.8. The van der Waals surface area contributed by atoms with Crippen LogP contribution in [0.4, 0.5) is 0 Å². The van der Waals surface area contributed by atoms with Gasteiger partial charge in [-0.25, -0.2) is 4.79 Å². The Hall–Kier alpha value is -2.55. The molecule has 0 radical (unpaired) electrons. The zero-order valence-corrected chi connectivity index (χ0v) is 27.8. The molecule has 0 saturated carbocycles. The maximum atomic E-state index is 12.4. The predicted octanol–water partition coefficient (Wildman–Crippen LogP) is 10.4. The normalized spacial score (nSPS) is 13.7. The molecule has 3 nitrogen and oxygen atoms in total.